The largest absolute Gasteiger partial charge is 0.504 e. The first-order valence-corrected chi connectivity index (χ1v) is 10.6. The van der Waals surface area contributed by atoms with Crippen LogP contribution in [0.15, 0.2) is 33.5 Å². The Labute approximate surface area is 202 Å². The molecule has 2 aromatic carbocycles. The first-order chi connectivity index (χ1) is 17.1. The third-order valence-corrected chi connectivity index (χ3v) is 5.77. The fourth-order valence-corrected chi connectivity index (χ4v) is 3.88. The van der Waals surface area contributed by atoms with E-state index in [4.69, 9.17) is 23.4 Å². The number of rotatable bonds is 6. The summed E-state index contributed by atoms with van der Waals surface area (Å²) in [6.07, 6.45) is -8.20. The SMILES string of the molecule is COc1c(O[C@@H]2OC(CO)[C@H](O)[C@H](O)C2O)c(O)c2c(=O)cc(-c3ccc(O)c(O)c3)oc2c1OC. The number of hydrogen-bond acceptors (Lipinski definition) is 13. The second kappa shape index (κ2) is 9.72. The molecule has 0 bridgehead atoms. The molecule has 13 nitrogen and oxygen atoms in total. The highest BCUT2D eigenvalue weighted by molar-refractivity contribution is 5.95. The molecule has 1 aliphatic heterocycles. The predicted molar refractivity (Wildman–Crippen MR) is 120 cm³/mol. The molecular formula is C23H24O13. The van der Waals surface area contributed by atoms with Crippen LogP contribution >= 0.6 is 0 Å². The molecule has 0 amide bonds. The van der Waals surface area contributed by atoms with E-state index in [2.05, 4.69) is 0 Å². The highest BCUT2D eigenvalue weighted by Gasteiger charge is 2.45. The highest BCUT2D eigenvalue weighted by Crippen LogP contribution is 2.51. The van der Waals surface area contributed by atoms with E-state index >= 15 is 0 Å². The maximum absolute atomic E-state index is 13.0. The van der Waals surface area contributed by atoms with Gasteiger partial charge in [-0.2, -0.15) is 0 Å². The molecule has 0 spiro atoms. The average molecular weight is 508 g/mol. The van der Waals surface area contributed by atoms with Gasteiger partial charge in [0.1, 0.15) is 35.6 Å². The summed E-state index contributed by atoms with van der Waals surface area (Å²) in [7, 11) is 2.42. The fraction of sp³-hybridized carbons (Fsp3) is 0.348. The van der Waals surface area contributed by atoms with E-state index in [0.29, 0.717) is 0 Å². The Hall–Kier alpha value is -3.75. The van der Waals surface area contributed by atoms with Gasteiger partial charge in [-0.05, 0) is 18.2 Å². The lowest BCUT2D eigenvalue weighted by Gasteiger charge is -2.39. The first kappa shape index (κ1) is 25.3. The summed E-state index contributed by atoms with van der Waals surface area (Å²) in [5.74, 6) is -2.60. The van der Waals surface area contributed by atoms with Crippen LogP contribution in [0.3, 0.4) is 0 Å². The van der Waals surface area contributed by atoms with Gasteiger partial charge in [-0.1, -0.05) is 0 Å². The number of benzene rings is 2. The van der Waals surface area contributed by atoms with Gasteiger partial charge in [0.2, 0.25) is 23.5 Å². The molecule has 1 aliphatic rings. The molecule has 2 heterocycles. The summed E-state index contributed by atoms with van der Waals surface area (Å²) in [5.41, 5.74) is -0.773. The van der Waals surface area contributed by atoms with E-state index in [-0.39, 0.29) is 39.5 Å². The molecule has 1 fully saturated rings. The van der Waals surface area contributed by atoms with E-state index in [1.807, 2.05) is 0 Å². The van der Waals surface area contributed by atoms with Gasteiger partial charge in [-0.25, -0.2) is 0 Å². The smallest absolute Gasteiger partial charge is 0.229 e. The van der Waals surface area contributed by atoms with Gasteiger partial charge in [0.05, 0.1) is 20.8 Å². The standard InChI is InChI=1S/C23H24O13/c1-32-21-19-14(11(27)6-12(34-19)8-3-4-9(25)10(26)5-8)16(29)20(22(21)33-2)36-23-18(31)17(30)15(28)13(7-24)35-23/h3-6,13,15,17-18,23-26,28-31H,7H2,1-2H3/t13?,15-,17-,18?,23-/m0/s1. The molecule has 4 rings (SSSR count). The zero-order valence-electron chi connectivity index (χ0n) is 19.0. The number of aromatic hydroxyl groups is 3. The van der Waals surface area contributed by atoms with Gasteiger partial charge < -0.3 is 59.1 Å². The summed E-state index contributed by atoms with van der Waals surface area (Å²) >= 11 is 0. The average Bonchev–Trinajstić information content (AvgIpc) is 2.86. The minimum absolute atomic E-state index is 0.0369. The van der Waals surface area contributed by atoms with Crippen LogP contribution in [0.4, 0.5) is 0 Å². The van der Waals surface area contributed by atoms with Crippen molar-refractivity contribution in [2.45, 2.75) is 30.7 Å². The summed E-state index contributed by atoms with van der Waals surface area (Å²) < 4.78 is 27.4. The Bertz CT molecular complexity index is 1330. The summed E-state index contributed by atoms with van der Waals surface area (Å²) in [4.78, 5) is 13.0. The minimum atomic E-state index is -1.81. The predicted octanol–water partition coefficient (Wildman–Crippen LogP) is -0.227. The molecule has 0 aliphatic carbocycles. The Morgan fingerprint density at radius 1 is 0.889 bits per heavy atom. The van der Waals surface area contributed by atoms with Gasteiger partial charge >= 0.3 is 0 Å². The number of fused-ring (bicyclic) bond motifs is 1. The highest BCUT2D eigenvalue weighted by atomic mass is 16.7. The zero-order chi connectivity index (χ0) is 26.3. The number of aliphatic hydroxyl groups excluding tert-OH is 4. The van der Waals surface area contributed by atoms with Crippen molar-refractivity contribution < 1.29 is 59.1 Å². The van der Waals surface area contributed by atoms with Crippen molar-refractivity contribution in [3.8, 4) is 45.8 Å². The number of phenols is 3. The molecule has 7 N–H and O–H groups in total. The third kappa shape index (κ3) is 4.12. The summed E-state index contributed by atoms with van der Waals surface area (Å²) in [6.45, 7) is -0.714. The molecule has 0 saturated carbocycles. The van der Waals surface area contributed by atoms with Crippen molar-refractivity contribution in [1.29, 1.82) is 0 Å². The van der Waals surface area contributed by atoms with Crippen LogP contribution in [0.2, 0.25) is 0 Å². The Morgan fingerprint density at radius 2 is 1.58 bits per heavy atom. The lowest BCUT2D eigenvalue weighted by Crippen LogP contribution is -2.60. The van der Waals surface area contributed by atoms with Crippen LogP contribution < -0.4 is 19.6 Å². The normalized spacial score (nSPS) is 24.0. The Morgan fingerprint density at radius 3 is 2.19 bits per heavy atom. The van der Waals surface area contributed by atoms with Gasteiger partial charge in [-0.15, -0.1) is 0 Å². The summed E-state index contributed by atoms with van der Waals surface area (Å²) in [6, 6.07) is 4.78. The minimum Gasteiger partial charge on any atom is -0.504 e. The fourth-order valence-electron chi connectivity index (χ4n) is 3.88. The monoisotopic (exact) mass is 508 g/mol. The topological polar surface area (TPSA) is 209 Å². The Kier molecular flexibility index (Phi) is 6.84. The van der Waals surface area contributed by atoms with Crippen molar-refractivity contribution in [2.75, 3.05) is 20.8 Å². The molecule has 3 aromatic rings. The van der Waals surface area contributed by atoms with Gasteiger partial charge in [0.25, 0.3) is 0 Å². The second-order valence-corrected chi connectivity index (χ2v) is 7.94. The van der Waals surface area contributed by atoms with Gasteiger partial charge in [-0.3, -0.25) is 4.79 Å². The van der Waals surface area contributed by atoms with E-state index in [1.54, 1.807) is 0 Å². The van der Waals surface area contributed by atoms with E-state index in [1.165, 1.54) is 32.4 Å². The van der Waals surface area contributed by atoms with Crippen LogP contribution in [-0.4, -0.2) is 87.3 Å². The lowest BCUT2D eigenvalue weighted by molar-refractivity contribution is -0.277. The van der Waals surface area contributed by atoms with Gasteiger partial charge in [0.15, 0.2) is 28.3 Å². The number of aliphatic hydroxyl groups is 4. The molecule has 194 valence electrons. The van der Waals surface area contributed by atoms with Crippen LogP contribution in [0.25, 0.3) is 22.3 Å². The van der Waals surface area contributed by atoms with Crippen molar-refractivity contribution in [1.82, 2.24) is 0 Å². The molecule has 1 aromatic heterocycles. The van der Waals surface area contributed by atoms with E-state index in [0.717, 1.165) is 6.07 Å². The lowest BCUT2D eigenvalue weighted by atomic mass is 9.99. The third-order valence-electron chi connectivity index (χ3n) is 5.77. The maximum atomic E-state index is 13.0. The number of phenolic OH excluding ortho intramolecular Hbond substituents is 3. The van der Waals surface area contributed by atoms with Crippen molar-refractivity contribution >= 4 is 11.0 Å². The molecule has 1 saturated heterocycles. The van der Waals surface area contributed by atoms with E-state index in [9.17, 15) is 40.5 Å². The molecule has 13 heteroatoms. The van der Waals surface area contributed by atoms with Crippen LogP contribution in [0.5, 0.6) is 34.5 Å². The first-order valence-electron chi connectivity index (χ1n) is 10.6. The van der Waals surface area contributed by atoms with Crippen LogP contribution in [0, 0.1) is 0 Å². The summed E-state index contributed by atoms with van der Waals surface area (Å²) in [5, 5.41) is 69.7. The quantitative estimate of drug-likeness (QED) is 0.215. The van der Waals surface area contributed by atoms with Crippen molar-refractivity contribution in [3.05, 3.63) is 34.5 Å². The number of hydrogen-bond donors (Lipinski definition) is 7. The zero-order valence-corrected chi connectivity index (χ0v) is 19.0. The van der Waals surface area contributed by atoms with Crippen molar-refractivity contribution in [2.24, 2.45) is 0 Å². The van der Waals surface area contributed by atoms with Crippen molar-refractivity contribution in [3.63, 3.8) is 0 Å². The second-order valence-electron chi connectivity index (χ2n) is 7.94. The molecule has 5 atom stereocenters. The van der Waals surface area contributed by atoms with Crippen LogP contribution in [0.1, 0.15) is 0 Å². The number of ether oxygens (including phenoxy) is 4. The number of methoxy groups -OCH3 is 2. The van der Waals surface area contributed by atoms with Crippen LogP contribution in [-0.2, 0) is 4.74 Å². The molecular weight excluding hydrogens is 484 g/mol. The van der Waals surface area contributed by atoms with Gasteiger partial charge in [0, 0.05) is 11.6 Å². The van der Waals surface area contributed by atoms with E-state index < -0.39 is 60.0 Å². The molecule has 36 heavy (non-hydrogen) atoms. The molecule has 2 unspecified atom stereocenters. The Balaban J connectivity index is 1.88. The maximum Gasteiger partial charge on any atom is 0.229 e. The molecule has 0 radical (unpaired) electrons.